The summed E-state index contributed by atoms with van der Waals surface area (Å²) >= 11 is 0. The van der Waals surface area contributed by atoms with Gasteiger partial charge in [-0.05, 0) is 48.2 Å². The van der Waals surface area contributed by atoms with Crippen molar-refractivity contribution in [2.45, 2.75) is 20.8 Å². The fraction of sp³-hybridized carbons (Fsp3) is 0.250. The lowest BCUT2D eigenvalue weighted by atomic mass is 9.96. The average molecular weight is 222 g/mol. The fourth-order valence-electron chi connectivity index (χ4n) is 3.01. The smallest absolute Gasteiger partial charge is 0.0689 e. The minimum Gasteiger partial charge on any atom is -0.342 e. The third-order valence-corrected chi connectivity index (χ3v) is 3.75. The Morgan fingerprint density at radius 3 is 2.18 bits per heavy atom. The Kier molecular flexibility index (Phi) is 2.06. The third kappa shape index (κ3) is 1.25. The summed E-state index contributed by atoms with van der Waals surface area (Å²) in [6.07, 6.45) is 3.39. The topological polar surface area (TPSA) is 4.93 Å². The van der Waals surface area contributed by atoms with Crippen LogP contribution in [0, 0.1) is 27.0 Å². The predicted molar refractivity (Wildman–Crippen MR) is 73.5 cm³/mol. The first-order valence-corrected chi connectivity index (χ1v) is 5.97. The lowest BCUT2D eigenvalue weighted by Crippen LogP contribution is -1.91. The number of nitrogens with zero attached hydrogens (tertiary/aromatic N) is 1. The Hall–Kier alpha value is -1.76. The van der Waals surface area contributed by atoms with Crippen LogP contribution >= 0.6 is 0 Å². The molecule has 1 aromatic heterocycles. The maximum absolute atomic E-state index is 3.39. The van der Waals surface area contributed by atoms with Gasteiger partial charge in [0.2, 0.25) is 0 Å². The standard InChI is InChI=1S/C16H16N/c1-10-9-17(4)16-12(3)14-8-6-5-7-13(14)11(2)15(10)16/h5-8H,1-4H3. The monoisotopic (exact) mass is 222 g/mol. The van der Waals surface area contributed by atoms with Crippen LogP contribution in [0.5, 0.6) is 0 Å². The van der Waals surface area contributed by atoms with E-state index in [0.717, 1.165) is 0 Å². The van der Waals surface area contributed by atoms with Crippen LogP contribution in [0.3, 0.4) is 0 Å². The Morgan fingerprint density at radius 2 is 1.53 bits per heavy atom. The number of aryl methyl sites for hydroxylation is 4. The molecule has 0 bridgehead atoms. The Labute approximate surface area is 102 Å². The summed E-state index contributed by atoms with van der Waals surface area (Å²) in [5, 5.41) is 4.08. The van der Waals surface area contributed by atoms with Crippen LogP contribution in [0.4, 0.5) is 0 Å². The Balaban J connectivity index is 2.70. The average Bonchev–Trinajstić information content (AvgIpc) is 2.62. The molecule has 3 rings (SSSR count). The molecule has 1 heteroatoms. The molecule has 0 aliphatic heterocycles. The lowest BCUT2D eigenvalue weighted by molar-refractivity contribution is 0.950. The molecule has 0 saturated heterocycles. The zero-order valence-corrected chi connectivity index (χ0v) is 10.8. The second-order valence-electron chi connectivity index (χ2n) is 4.82. The van der Waals surface area contributed by atoms with E-state index in [1.807, 2.05) is 0 Å². The number of aromatic nitrogens is 1. The van der Waals surface area contributed by atoms with Gasteiger partial charge >= 0.3 is 0 Å². The van der Waals surface area contributed by atoms with Crippen LogP contribution in [-0.2, 0) is 7.05 Å². The van der Waals surface area contributed by atoms with Gasteiger partial charge in [-0.2, -0.15) is 0 Å². The van der Waals surface area contributed by atoms with Gasteiger partial charge in [-0.3, -0.25) is 0 Å². The fourth-order valence-corrected chi connectivity index (χ4v) is 3.01. The maximum atomic E-state index is 3.39. The molecule has 0 atom stereocenters. The van der Waals surface area contributed by atoms with Crippen molar-refractivity contribution in [2.75, 3.05) is 0 Å². The molecule has 0 N–H and O–H groups in total. The van der Waals surface area contributed by atoms with Gasteiger partial charge in [-0.1, -0.05) is 24.3 Å². The first-order valence-electron chi connectivity index (χ1n) is 5.97. The molecule has 0 unspecified atom stereocenters. The first-order chi connectivity index (χ1) is 8.11. The van der Waals surface area contributed by atoms with Gasteiger partial charge in [0, 0.05) is 12.4 Å². The number of hydrogen-bond acceptors (Lipinski definition) is 0. The van der Waals surface area contributed by atoms with E-state index in [4.69, 9.17) is 0 Å². The van der Waals surface area contributed by atoms with E-state index < -0.39 is 0 Å². The minimum absolute atomic E-state index is 1.24. The van der Waals surface area contributed by atoms with Crippen LogP contribution in [0.15, 0.2) is 24.3 Å². The van der Waals surface area contributed by atoms with Crippen molar-refractivity contribution in [3.8, 4) is 0 Å². The number of benzene rings is 2. The highest BCUT2D eigenvalue weighted by Gasteiger charge is 2.13. The van der Waals surface area contributed by atoms with E-state index in [2.05, 4.69) is 62.8 Å². The molecule has 0 spiro atoms. The zero-order valence-electron chi connectivity index (χ0n) is 10.8. The summed E-state index contributed by atoms with van der Waals surface area (Å²) in [6.45, 7) is 6.56. The highest BCUT2D eigenvalue weighted by molar-refractivity contribution is 6.05. The van der Waals surface area contributed by atoms with Gasteiger partial charge in [-0.25, -0.2) is 0 Å². The molecule has 85 valence electrons. The summed E-state index contributed by atoms with van der Waals surface area (Å²) in [5.41, 5.74) is 5.29. The third-order valence-electron chi connectivity index (χ3n) is 3.75. The van der Waals surface area contributed by atoms with E-state index in [9.17, 15) is 0 Å². The SMILES string of the molecule is Cc1[c]n(C)c2c(C)c3ccccc3c(C)c12. The van der Waals surface area contributed by atoms with Crippen molar-refractivity contribution in [1.29, 1.82) is 0 Å². The van der Waals surface area contributed by atoms with E-state index in [1.54, 1.807) is 0 Å². The molecule has 0 aliphatic carbocycles. The van der Waals surface area contributed by atoms with E-state index in [1.165, 1.54) is 38.4 Å². The van der Waals surface area contributed by atoms with Crippen LogP contribution in [0.25, 0.3) is 21.7 Å². The van der Waals surface area contributed by atoms with Crippen molar-refractivity contribution >= 4 is 21.7 Å². The molecule has 2 aromatic carbocycles. The van der Waals surface area contributed by atoms with Crippen molar-refractivity contribution in [1.82, 2.24) is 4.57 Å². The molecule has 1 nitrogen and oxygen atoms in total. The quantitative estimate of drug-likeness (QED) is 0.540. The number of hydrogen-bond donors (Lipinski definition) is 0. The van der Waals surface area contributed by atoms with Crippen LogP contribution < -0.4 is 0 Å². The molecule has 0 fully saturated rings. The van der Waals surface area contributed by atoms with Gasteiger partial charge < -0.3 is 4.57 Å². The van der Waals surface area contributed by atoms with Crippen LogP contribution in [-0.4, -0.2) is 4.57 Å². The van der Waals surface area contributed by atoms with Crippen LogP contribution in [0.1, 0.15) is 16.7 Å². The lowest BCUT2D eigenvalue weighted by Gasteiger charge is -2.10. The Morgan fingerprint density at radius 1 is 0.941 bits per heavy atom. The molecule has 0 aliphatic rings. The highest BCUT2D eigenvalue weighted by atomic mass is 14.9. The van der Waals surface area contributed by atoms with Gasteiger partial charge in [0.1, 0.15) is 0 Å². The zero-order chi connectivity index (χ0) is 12.2. The number of fused-ring (bicyclic) bond motifs is 2. The second kappa shape index (κ2) is 3.36. The molecule has 3 aromatic rings. The molecule has 1 radical (unpaired) electrons. The summed E-state index contributed by atoms with van der Waals surface area (Å²) < 4.78 is 2.12. The summed E-state index contributed by atoms with van der Waals surface area (Å²) in [4.78, 5) is 0. The highest BCUT2D eigenvalue weighted by Crippen LogP contribution is 2.33. The van der Waals surface area contributed by atoms with Crippen molar-refractivity contribution in [3.05, 3.63) is 47.2 Å². The minimum atomic E-state index is 1.24. The van der Waals surface area contributed by atoms with E-state index >= 15 is 0 Å². The van der Waals surface area contributed by atoms with Gasteiger partial charge in [0.15, 0.2) is 0 Å². The van der Waals surface area contributed by atoms with Crippen molar-refractivity contribution in [3.63, 3.8) is 0 Å². The summed E-state index contributed by atoms with van der Waals surface area (Å²) in [5.74, 6) is 0. The normalized spacial score (nSPS) is 11.5. The second-order valence-corrected chi connectivity index (χ2v) is 4.82. The summed E-state index contributed by atoms with van der Waals surface area (Å²) in [6, 6.07) is 8.64. The number of rotatable bonds is 0. The molecule has 1 heterocycles. The predicted octanol–water partition coefficient (Wildman–Crippen LogP) is 4.06. The molecular formula is C16H16N. The molecular weight excluding hydrogens is 206 g/mol. The van der Waals surface area contributed by atoms with Gasteiger partial charge in [-0.15, -0.1) is 0 Å². The van der Waals surface area contributed by atoms with Crippen LogP contribution in [0.2, 0.25) is 0 Å². The summed E-state index contributed by atoms with van der Waals surface area (Å²) in [7, 11) is 2.08. The van der Waals surface area contributed by atoms with E-state index in [-0.39, 0.29) is 0 Å². The maximum Gasteiger partial charge on any atom is 0.0689 e. The molecule has 0 amide bonds. The van der Waals surface area contributed by atoms with Crippen molar-refractivity contribution in [2.24, 2.45) is 7.05 Å². The van der Waals surface area contributed by atoms with Gasteiger partial charge in [0.05, 0.1) is 11.7 Å². The molecule has 17 heavy (non-hydrogen) atoms. The van der Waals surface area contributed by atoms with Gasteiger partial charge in [0.25, 0.3) is 0 Å². The van der Waals surface area contributed by atoms with E-state index in [0.29, 0.717) is 0 Å². The molecule has 0 saturated carbocycles. The largest absolute Gasteiger partial charge is 0.342 e. The Bertz CT molecular complexity index is 671. The van der Waals surface area contributed by atoms with Crippen molar-refractivity contribution < 1.29 is 0 Å². The first kappa shape index (κ1) is 10.4.